The van der Waals surface area contributed by atoms with Crippen molar-refractivity contribution in [1.29, 1.82) is 0 Å². The van der Waals surface area contributed by atoms with Crippen molar-refractivity contribution >= 4 is 33.2 Å². The van der Waals surface area contributed by atoms with Gasteiger partial charge in [-0.15, -0.1) is 0 Å². The Balaban J connectivity index is 1.42. The third-order valence-electron chi connectivity index (χ3n) is 5.54. The van der Waals surface area contributed by atoms with Gasteiger partial charge < -0.3 is 15.2 Å². The number of benzene rings is 2. The van der Waals surface area contributed by atoms with Gasteiger partial charge in [-0.25, -0.2) is 13.4 Å². The molecule has 1 aliphatic heterocycles. The van der Waals surface area contributed by atoms with Crippen molar-refractivity contribution in [2.24, 2.45) is 0 Å². The Bertz CT molecular complexity index is 1290. The Labute approximate surface area is 198 Å². The van der Waals surface area contributed by atoms with Crippen LogP contribution in [-0.2, 0) is 32.6 Å². The lowest BCUT2D eigenvalue weighted by atomic mass is 10.1. The fourth-order valence-electron chi connectivity index (χ4n) is 3.83. The third kappa shape index (κ3) is 5.52. The number of anilines is 2. The molecule has 0 aliphatic carbocycles. The van der Waals surface area contributed by atoms with E-state index < -0.39 is 22.0 Å². The van der Waals surface area contributed by atoms with Crippen LogP contribution in [0.1, 0.15) is 32.5 Å². The lowest BCUT2D eigenvalue weighted by Gasteiger charge is -2.15. The zero-order chi connectivity index (χ0) is 24.3. The van der Waals surface area contributed by atoms with Crippen molar-refractivity contribution in [2.75, 3.05) is 10.6 Å². The molecule has 10 heteroatoms. The molecule has 34 heavy (non-hydrogen) atoms. The molecule has 178 valence electrons. The van der Waals surface area contributed by atoms with Crippen LogP contribution in [0, 0.1) is 0 Å². The Kier molecular flexibility index (Phi) is 6.80. The highest BCUT2D eigenvalue weighted by molar-refractivity contribution is 7.89. The van der Waals surface area contributed by atoms with E-state index in [9.17, 15) is 18.0 Å². The number of fused-ring (bicyclic) bond motifs is 1. The average molecular weight is 482 g/mol. The third-order valence-corrected chi connectivity index (χ3v) is 7.10. The van der Waals surface area contributed by atoms with Crippen LogP contribution in [0.5, 0.6) is 0 Å². The topological polar surface area (TPSA) is 122 Å². The van der Waals surface area contributed by atoms with Crippen molar-refractivity contribution in [3.05, 3.63) is 60.6 Å². The molecule has 1 aromatic heterocycles. The van der Waals surface area contributed by atoms with Gasteiger partial charge >= 0.3 is 0 Å². The number of sulfonamides is 1. The summed E-state index contributed by atoms with van der Waals surface area (Å²) in [7, 11) is -3.93. The van der Waals surface area contributed by atoms with Gasteiger partial charge in [0, 0.05) is 43.0 Å². The van der Waals surface area contributed by atoms with Crippen molar-refractivity contribution in [1.82, 2.24) is 14.3 Å². The maximum absolute atomic E-state index is 12.7. The zero-order valence-electron chi connectivity index (χ0n) is 19.0. The average Bonchev–Trinajstić information content (AvgIpc) is 3.23. The summed E-state index contributed by atoms with van der Waals surface area (Å²) in [5.74, 6) is 0.333. The van der Waals surface area contributed by atoms with Crippen molar-refractivity contribution in [2.45, 2.75) is 50.6 Å². The first kappa shape index (κ1) is 23.7. The van der Waals surface area contributed by atoms with Gasteiger partial charge in [0.2, 0.25) is 21.8 Å². The molecule has 9 nitrogen and oxygen atoms in total. The maximum Gasteiger partial charge on any atom is 0.242 e. The van der Waals surface area contributed by atoms with E-state index in [1.54, 1.807) is 6.07 Å². The van der Waals surface area contributed by atoms with Crippen LogP contribution in [-0.4, -0.2) is 35.8 Å². The first-order valence-corrected chi connectivity index (χ1v) is 12.6. The second-order valence-electron chi connectivity index (χ2n) is 8.31. The normalized spacial score (nSPS) is 14.2. The molecule has 0 bridgehead atoms. The number of amides is 2. The fraction of sp³-hybridized carbons (Fsp3) is 0.292. The summed E-state index contributed by atoms with van der Waals surface area (Å²) in [5, 5.41) is 5.35. The van der Waals surface area contributed by atoms with E-state index >= 15 is 0 Å². The smallest absolute Gasteiger partial charge is 0.242 e. The molecule has 1 atom stereocenters. The van der Waals surface area contributed by atoms with Gasteiger partial charge in [0.1, 0.15) is 5.82 Å². The number of carbonyl (C=O) groups excluding carboxylic acids is 2. The maximum atomic E-state index is 12.7. The van der Waals surface area contributed by atoms with E-state index in [1.165, 1.54) is 38.1 Å². The molecule has 0 fully saturated rings. The van der Waals surface area contributed by atoms with Crippen molar-refractivity contribution in [3.8, 4) is 11.3 Å². The minimum atomic E-state index is -3.93. The summed E-state index contributed by atoms with van der Waals surface area (Å²) < 4.78 is 29.9. The number of carbonyl (C=O) groups is 2. The lowest BCUT2D eigenvalue weighted by molar-refractivity contribution is -0.117. The first-order valence-electron chi connectivity index (χ1n) is 11.1. The summed E-state index contributed by atoms with van der Waals surface area (Å²) in [6.45, 7) is 3.81. The number of aryl methyl sites for hydroxylation is 2. The molecule has 0 spiro atoms. The molecule has 0 saturated heterocycles. The van der Waals surface area contributed by atoms with E-state index in [0.29, 0.717) is 11.4 Å². The lowest BCUT2D eigenvalue weighted by Crippen LogP contribution is -2.41. The molecule has 3 N–H and O–H groups in total. The van der Waals surface area contributed by atoms with Gasteiger partial charge in [-0.3, -0.25) is 9.59 Å². The predicted molar refractivity (Wildman–Crippen MR) is 130 cm³/mol. The van der Waals surface area contributed by atoms with Crippen LogP contribution in [0.3, 0.4) is 0 Å². The Morgan fingerprint density at radius 2 is 1.79 bits per heavy atom. The molecular weight excluding hydrogens is 454 g/mol. The second kappa shape index (κ2) is 9.78. The summed E-state index contributed by atoms with van der Waals surface area (Å²) >= 11 is 0. The molecule has 4 rings (SSSR count). The van der Waals surface area contributed by atoms with E-state index in [1.807, 2.05) is 24.4 Å². The van der Waals surface area contributed by atoms with E-state index in [4.69, 9.17) is 4.98 Å². The van der Waals surface area contributed by atoms with Crippen LogP contribution in [0.4, 0.5) is 11.4 Å². The van der Waals surface area contributed by atoms with Crippen LogP contribution >= 0.6 is 0 Å². The highest BCUT2D eigenvalue weighted by atomic mass is 32.2. The highest BCUT2D eigenvalue weighted by Gasteiger charge is 2.22. The number of hydrogen-bond acceptors (Lipinski definition) is 5. The molecule has 2 aromatic carbocycles. The first-order chi connectivity index (χ1) is 16.2. The van der Waals surface area contributed by atoms with Gasteiger partial charge in [-0.05, 0) is 56.2 Å². The number of rotatable bonds is 7. The molecule has 0 radical (unpaired) electrons. The van der Waals surface area contributed by atoms with E-state index in [-0.39, 0.29) is 10.8 Å². The number of nitrogens with one attached hydrogen (secondary N) is 3. The summed E-state index contributed by atoms with van der Waals surface area (Å²) in [6.07, 6.45) is 5.28. The predicted octanol–water partition coefficient (Wildman–Crippen LogP) is 3.15. The Morgan fingerprint density at radius 3 is 2.50 bits per heavy atom. The molecule has 1 aliphatic rings. The number of hydrogen-bond donors (Lipinski definition) is 3. The standard InChI is InChI=1S/C24H27N5O4S/c1-16(28-34(32,33)21-11-9-19(10-12-21)25-17(2)30)24(31)26-20-7-5-6-18(14-20)22-15-29-13-4-3-8-23(29)27-22/h5-7,9-12,14-16,28H,3-4,8,13H2,1-2H3,(H,25,30)(H,26,31)/t16-/m0/s1. The van der Waals surface area contributed by atoms with Crippen LogP contribution < -0.4 is 15.4 Å². The molecule has 3 aromatic rings. The number of nitrogens with zero attached hydrogens (tertiary/aromatic N) is 2. The van der Waals surface area contributed by atoms with Gasteiger partial charge in [-0.1, -0.05) is 12.1 Å². The van der Waals surface area contributed by atoms with E-state index in [0.717, 1.165) is 42.9 Å². The molecule has 0 saturated carbocycles. The number of aromatic nitrogens is 2. The van der Waals surface area contributed by atoms with Crippen LogP contribution in [0.2, 0.25) is 0 Å². The van der Waals surface area contributed by atoms with Gasteiger partial charge in [-0.2, -0.15) is 4.72 Å². The van der Waals surface area contributed by atoms with Crippen molar-refractivity contribution in [3.63, 3.8) is 0 Å². The number of imidazole rings is 1. The summed E-state index contributed by atoms with van der Waals surface area (Å²) in [4.78, 5) is 28.5. The molecular formula is C24H27N5O4S. The molecule has 2 amide bonds. The van der Waals surface area contributed by atoms with Crippen LogP contribution in [0.15, 0.2) is 59.6 Å². The minimum absolute atomic E-state index is 0.00741. The molecule has 0 unspecified atom stereocenters. The SMILES string of the molecule is CC(=O)Nc1ccc(S(=O)(=O)N[C@@H](C)C(=O)Nc2cccc(-c3cn4c(n3)CCCC4)c2)cc1. The monoisotopic (exact) mass is 481 g/mol. The van der Waals surface area contributed by atoms with Gasteiger partial charge in [0.25, 0.3) is 0 Å². The summed E-state index contributed by atoms with van der Waals surface area (Å²) in [6, 6.07) is 12.0. The highest BCUT2D eigenvalue weighted by Crippen LogP contribution is 2.25. The second-order valence-corrected chi connectivity index (χ2v) is 10.0. The van der Waals surface area contributed by atoms with Crippen molar-refractivity contribution < 1.29 is 18.0 Å². The summed E-state index contributed by atoms with van der Waals surface area (Å²) in [5.41, 5.74) is 2.77. The quantitative estimate of drug-likeness (QED) is 0.479. The molecule has 2 heterocycles. The van der Waals surface area contributed by atoms with E-state index in [2.05, 4.69) is 19.9 Å². The van der Waals surface area contributed by atoms with Gasteiger partial charge in [0.15, 0.2) is 0 Å². The zero-order valence-corrected chi connectivity index (χ0v) is 19.9. The Morgan fingerprint density at radius 1 is 1.03 bits per heavy atom. The van der Waals surface area contributed by atoms with Crippen LogP contribution in [0.25, 0.3) is 11.3 Å². The Hall–Kier alpha value is -3.50. The van der Waals surface area contributed by atoms with Gasteiger partial charge in [0.05, 0.1) is 16.6 Å². The fourth-order valence-corrected chi connectivity index (χ4v) is 5.04. The minimum Gasteiger partial charge on any atom is -0.334 e. The largest absolute Gasteiger partial charge is 0.334 e.